The Morgan fingerprint density at radius 1 is 0.577 bits per heavy atom. The van der Waals surface area contributed by atoms with Crippen molar-refractivity contribution in [2.75, 3.05) is 0 Å². The predicted octanol–water partition coefficient (Wildman–Crippen LogP) is 6.12. The van der Waals surface area contributed by atoms with Crippen LogP contribution < -0.4 is 0 Å². The van der Waals surface area contributed by atoms with Crippen LogP contribution in [-0.2, 0) is 8.85 Å². The van der Waals surface area contributed by atoms with Crippen molar-refractivity contribution in [2.24, 2.45) is 0 Å². The fourth-order valence-electron chi connectivity index (χ4n) is 3.09. The van der Waals surface area contributed by atoms with Crippen molar-refractivity contribution in [3.05, 3.63) is 95.3 Å². The normalized spacial score (nSPS) is 27.4. The third kappa shape index (κ3) is 5.14. The lowest BCUT2D eigenvalue weighted by molar-refractivity contribution is 0.238. The lowest BCUT2D eigenvalue weighted by atomic mass is 10.1. The zero-order chi connectivity index (χ0) is 18.6. The molecule has 0 fully saturated rings. The van der Waals surface area contributed by atoms with Crippen molar-refractivity contribution < 1.29 is 8.85 Å². The van der Waals surface area contributed by atoms with Gasteiger partial charge in [0.1, 0.15) is 0 Å². The maximum absolute atomic E-state index is 6.61. The molecule has 0 spiro atoms. The van der Waals surface area contributed by atoms with Gasteiger partial charge in [-0.2, -0.15) is 0 Å². The summed E-state index contributed by atoms with van der Waals surface area (Å²) in [6.07, 6.45) is 4.37. The summed E-state index contributed by atoms with van der Waals surface area (Å²) in [7, 11) is -3.98. The molecule has 2 aromatic rings. The van der Waals surface area contributed by atoms with E-state index < -0.39 is 16.6 Å². The first-order chi connectivity index (χ1) is 12.3. The molecule has 0 saturated carbocycles. The first-order valence-corrected chi connectivity index (χ1v) is 15.2. The number of hydrogen-bond acceptors (Lipinski definition) is 2. The van der Waals surface area contributed by atoms with Crippen LogP contribution in [0.4, 0.5) is 0 Å². The molecular weight excluding hydrogens is 352 g/mol. The third-order valence-electron chi connectivity index (χ3n) is 4.46. The Hall–Kier alpha value is -1.73. The third-order valence-corrected chi connectivity index (χ3v) is 8.18. The van der Waals surface area contributed by atoms with Crippen molar-refractivity contribution in [1.29, 1.82) is 0 Å². The van der Waals surface area contributed by atoms with E-state index in [0.717, 1.165) is 0 Å². The first-order valence-electron chi connectivity index (χ1n) is 9.19. The van der Waals surface area contributed by atoms with E-state index in [0.29, 0.717) is 0 Å². The highest BCUT2D eigenvalue weighted by molar-refractivity contribution is 6.77. The number of hydrogen-bond donors (Lipinski definition) is 0. The Kier molecular flexibility index (Phi) is 5.77. The van der Waals surface area contributed by atoms with Gasteiger partial charge in [0.15, 0.2) is 0 Å². The molecule has 0 N–H and O–H groups in total. The van der Waals surface area contributed by atoms with Crippen molar-refractivity contribution in [3.63, 3.8) is 0 Å². The van der Waals surface area contributed by atoms with Crippen LogP contribution in [0.15, 0.2) is 84.2 Å². The molecule has 0 amide bonds. The Labute approximate surface area is 159 Å². The predicted molar refractivity (Wildman–Crippen MR) is 114 cm³/mol. The van der Waals surface area contributed by atoms with Crippen LogP contribution in [0.2, 0.25) is 26.2 Å². The molecule has 26 heavy (non-hydrogen) atoms. The SMILES string of the molecule is C[Si]1(C)/C=C/C(c2ccccc2)O[Si](C)(C)/C=C/C(c2ccccc2)O1. The molecule has 2 atom stereocenters. The van der Waals surface area contributed by atoms with Crippen LogP contribution in [0.25, 0.3) is 0 Å². The Morgan fingerprint density at radius 3 is 1.27 bits per heavy atom. The summed E-state index contributed by atoms with van der Waals surface area (Å²) in [5, 5.41) is 0. The van der Waals surface area contributed by atoms with E-state index in [1.807, 2.05) is 12.1 Å². The van der Waals surface area contributed by atoms with Gasteiger partial charge in [-0.1, -0.05) is 84.2 Å². The van der Waals surface area contributed by atoms with E-state index in [1.54, 1.807) is 0 Å². The number of benzene rings is 2. The largest absolute Gasteiger partial charge is 0.403 e. The average Bonchev–Trinajstić information content (AvgIpc) is 2.63. The molecule has 0 radical (unpaired) electrons. The Balaban J connectivity index is 1.95. The molecule has 0 aromatic heterocycles. The smallest absolute Gasteiger partial charge is 0.212 e. The summed E-state index contributed by atoms with van der Waals surface area (Å²) < 4.78 is 13.2. The molecule has 1 aliphatic rings. The van der Waals surface area contributed by atoms with E-state index in [1.165, 1.54) is 11.1 Å². The highest BCUT2D eigenvalue weighted by Crippen LogP contribution is 2.30. The molecule has 1 heterocycles. The summed E-state index contributed by atoms with van der Waals surface area (Å²) in [6.45, 7) is 8.94. The van der Waals surface area contributed by atoms with Gasteiger partial charge in [0.2, 0.25) is 16.6 Å². The van der Waals surface area contributed by atoms with Gasteiger partial charge in [0.25, 0.3) is 0 Å². The second-order valence-electron chi connectivity index (χ2n) is 7.82. The molecule has 2 nitrogen and oxygen atoms in total. The van der Waals surface area contributed by atoms with Gasteiger partial charge in [-0.15, -0.1) is 0 Å². The van der Waals surface area contributed by atoms with Gasteiger partial charge in [0.05, 0.1) is 12.2 Å². The van der Waals surface area contributed by atoms with Crippen molar-refractivity contribution in [3.8, 4) is 0 Å². The molecule has 1 aliphatic heterocycles. The van der Waals surface area contributed by atoms with Gasteiger partial charge in [-0.3, -0.25) is 0 Å². The minimum Gasteiger partial charge on any atom is -0.403 e. The second kappa shape index (κ2) is 7.88. The minimum absolute atomic E-state index is 0.0221. The van der Waals surface area contributed by atoms with E-state index in [4.69, 9.17) is 8.85 Å². The van der Waals surface area contributed by atoms with Crippen LogP contribution in [0.5, 0.6) is 0 Å². The van der Waals surface area contributed by atoms with Crippen LogP contribution in [-0.4, -0.2) is 16.6 Å². The van der Waals surface area contributed by atoms with Crippen molar-refractivity contribution in [2.45, 2.75) is 38.4 Å². The standard InChI is InChI=1S/C22H28O2Si2/c1-25(2)17-15-22(20-13-9-6-10-14-20)24-26(3,4)18-16-21(23-25)19-11-7-5-8-12-19/h5-18,21-22H,1-4H3/b17-15+,18-16+. The number of rotatable bonds is 2. The highest BCUT2D eigenvalue weighted by atomic mass is 28.4. The van der Waals surface area contributed by atoms with Crippen molar-refractivity contribution in [1.82, 2.24) is 0 Å². The van der Waals surface area contributed by atoms with Crippen LogP contribution in [0.1, 0.15) is 23.3 Å². The second-order valence-corrected chi connectivity index (χ2v) is 15.4. The van der Waals surface area contributed by atoms with E-state index in [9.17, 15) is 0 Å². The topological polar surface area (TPSA) is 18.5 Å². The molecule has 0 saturated heterocycles. The average molecular weight is 381 g/mol. The molecule has 2 unspecified atom stereocenters. The fraction of sp³-hybridized carbons (Fsp3) is 0.273. The van der Waals surface area contributed by atoms with E-state index >= 15 is 0 Å². The monoisotopic (exact) mass is 380 g/mol. The Bertz CT molecular complexity index is 700. The molecule has 0 bridgehead atoms. The zero-order valence-corrected chi connectivity index (χ0v) is 18.1. The van der Waals surface area contributed by atoms with Gasteiger partial charge < -0.3 is 8.85 Å². The molecule has 0 aliphatic carbocycles. The van der Waals surface area contributed by atoms with E-state index in [2.05, 4.69) is 98.3 Å². The summed E-state index contributed by atoms with van der Waals surface area (Å²) in [5.74, 6) is 0. The Morgan fingerprint density at radius 2 is 0.923 bits per heavy atom. The first kappa shape index (κ1) is 19.0. The fourth-order valence-corrected chi connectivity index (χ4v) is 6.27. The van der Waals surface area contributed by atoms with Gasteiger partial charge in [0, 0.05) is 0 Å². The molecule has 4 heteroatoms. The lowest BCUT2D eigenvalue weighted by Crippen LogP contribution is -2.34. The van der Waals surface area contributed by atoms with Crippen LogP contribution in [0, 0.1) is 0 Å². The summed E-state index contributed by atoms with van der Waals surface area (Å²) in [5.41, 5.74) is 6.93. The highest BCUT2D eigenvalue weighted by Gasteiger charge is 2.29. The summed E-state index contributed by atoms with van der Waals surface area (Å²) in [4.78, 5) is 0. The molecule has 136 valence electrons. The molecular formula is C22H28O2Si2. The van der Waals surface area contributed by atoms with Gasteiger partial charge >= 0.3 is 0 Å². The minimum atomic E-state index is -1.99. The van der Waals surface area contributed by atoms with Crippen molar-refractivity contribution >= 4 is 16.6 Å². The maximum atomic E-state index is 6.61. The maximum Gasteiger partial charge on any atom is 0.212 e. The van der Waals surface area contributed by atoms with Crippen LogP contribution >= 0.6 is 0 Å². The summed E-state index contributed by atoms with van der Waals surface area (Å²) in [6, 6.07) is 20.9. The zero-order valence-electron chi connectivity index (χ0n) is 16.1. The lowest BCUT2D eigenvalue weighted by Gasteiger charge is -2.31. The molecule has 3 rings (SSSR count). The van der Waals surface area contributed by atoms with Gasteiger partial charge in [-0.25, -0.2) is 0 Å². The van der Waals surface area contributed by atoms with E-state index in [-0.39, 0.29) is 12.2 Å². The summed E-state index contributed by atoms with van der Waals surface area (Å²) >= 11 is 0. The quantitative estimate of drug-likeness (QED) is 0.585. The molecule has 2 aromatic carbocycles. The van der Waals surface area contributed by atoms with Gasteiger partial charge in [-0.05, 0) is 37.3 Å². The van der Waals surface area contributed by atoms with Crippen LogP contribution in [0.3, 0.4) is 0 Å².